The Balaban J connectivity index is 1.65. The maximum atomic E-state index is 13.1. The fraction of sp³-hybridized carbons (Fsp3) is 0.375. The molecule has 1 fully saturated rings. The molecule has 2 aromatic heterocycles. The first-order valence-corrected chi connectivity index (χ1v) is 10.6. The lowest BCUT2D eigenvalue weighted by atomic mass is 9.99. The molecule has 1 aromatic carbocycles. The quantitative estimate of drug-likeness (QED) is 0.632. The molecule has 0 radical (unpaired) electrons. The van der Waals surface area contributed by atoms with Gasteiger partial charge in [0.2, 0.25) is 0 Å². The number of aryl methyl sites for hydroxylation is 3. The van der Waals surface area contributed by atoms with Gasteiger partial charge in [0.1, 0.15) is 11.1 Å². The van der Waals surface area contributed by atoms with Crippen molar-refractivity contribution in [3.05, 3.63) is 73.5 Å². The normalized spacial score (nSPS) is 16.4. The number of anilines is 1. The summed E-state index contributed by atoms with van der Waals surface area (Å²) in [4.78, 5) is 37.9. The molecule has 1 atom stereocenters. The van der Waals surface area contributed by atoms with E-state index in [1.807, 2.05) is 19.9 Å². The Hall–Kier alpha value is -3.19. The number of aromatic nitrogens is 1. The summed E-state index contributed by atoms with van der Waals surface area (Å²) >= 11 is 0. The van der Waals surface area contributed by atoms with Crippen LogP contribution in [0, 0.1) is 26.7 Å². The minimum atomic E-state index is -0.434. The molecule has 7 nitrogen and oxygen atoms in total. The van der Waals surface area contributed by atoms with E-state index in [9.17, 15) is 14.4 Å². The lowest BCUT2D eigenvalue weighted by Gasteiger charge is -2.23. The van der Waals surface area contributed by atoms with Gasteiger partial charge in [-0.3, -0.25) is 9.59 Å². The number of piperidine rings is 1. The van der Waals surface area contributed by atoms with Gasteiger partial charge < -0.3 is 19.6 Å². The first-order valence-electron chi connectivity index (χ1n) is 10.6. The van der Waals surface area contributed by atoms with Crippen molar-refractivity contribution in [1.82, 2.24) is 9.88 Å². The van der Waals surface area contributed by atoms with Gasteiger partial charge in [0.05, 0.1) is 0 Å². The SMILES string of the molecule is Cc1cc2oc(=O)cc(C)c2cc1NC(=O)c1c(C)ccn(CC2CCCNC2)c1=O. The van der Waals surface area contributed by atoms with E-state index in [2.05, 4.69) is 10.6 Å². The summed E-state index contributed by atoms with van der Waals surface area (Å²) in [6.45, 7) is 7.91. The first kappa shape index (κ1) is 21.1. The number of fused-ring (bicyclic) bond motifs is 1. The molecule has 0 saturated carbocycles. The molecule has 1 saturated heterocycles. The third-order valence-corrected chi connectivity index (χ3v) is 6.00. The number of pyridine rings is 1. The Bertz CT molecular complexity index is 1270. The second-order valence-corrected chi connectivity index (χ2v) is 8.41. The third-order valence-electron chi connectivity index (χ3n) is 6.00. The van der Waals surface area contributed by atoms with Crippen LogP contribution in [0.3, 0.4) is 0 Å². The number of nitrogens with one attached hydrogen (secondary N) is 2. The van der Waals surface area contributed by atoms with Gasteiger partial charge in [-0.2, -0.15) is 0 Å². The van der Waals surface area contributed by atoms with Crippen molar-refractivity contribution in [3.63, 3.8) is 0 Å². The van der Waals surface area contributed by atoms with Crippen LogP contribution in [0.2, 0.25) is 0 Å². The zero-order valence-electron chi connectivity index (χ0n) is 18.1. The van der Waals surface area contributed by atoms with Crippen LogP contribution in [0.5, 0.6) is 0 Å². The summed E-state index contributed by atoms with van der Waals surface area (Å²) < 4.78 is 6.91. The molecule has 4 rings (SSSR count). The molecule has 1 aliphatic rings. The van der Waals surface area contributed by atoms with Crippen molar-refractivity contribution in [1.29, 1.82) is 0 Å². The summed E-state index contributed by atoms with van der Waals surface area (Å²) in [5.41, 5.74) is 2.68. The molecule has 162 valence electrons. The standard InChI is InChI=1S/C24H27N3O4/c1-14-6-8-27(13-17-5-4-7-25-12-17)24(30)22(14)23(29)26-19-11-18-15(2)10-21(28)31-20(18)9-16(19)3/h6,8-11,17,25H,4-5,7,12-13H2,1-3H3,(H,26,29). The topological polar surface area (TPSA) is 93.3 Å². The number of carbonyl (C=O) groups is 1. The molecule has 31 heavy (non-hydrogen) atoms. The highest BCUT2D eigenvalue weighted by Crippen LogP contribution is 2.25. The number of hydrogen-bond donors (Lipinski definition) is 2. The number of rotatable bonds is 4. The highest BCUT2D eigenvalue weighted by molar-refractivity contribution is 6.06. The Kier molecular flexibility index (Phi) is 5.78. The summed E-state index contributed by atoms with van der Waals surface area (Å²) in [6.07, 6.45) is 3.94. The largest absolute Gasteiger partial charge is 0.423 e. The van der Waals surface area contributed by atoms with Gasteiger partial charge in [-0.25, -0.2) is 4.79 Å². The average Bonchev–Trinajstić information content (AvgIpc) is 2.72. The first-order chi connectivity index (χ1) is 14.8. The van der Waals surface area contributed by atoms with E-state index in [0.29, 0.717) is 29.3 Å². The minimum Gasteiger partial charge on any atom is -0.423 e. The minimum absolute atomic E-state index is 0.155. The van der Waals surface area contributed by atoms with Crippen LogP contribution in [-0.2, 0) is 6.54 Å². The third kappa shape index (κ3) is 4.32. The predicted molar refractivity (Wildman–Crippen MR) is 121 cm³/mol. The molecule has 1 unspecified atom stereocenters. The maximum Gasteiger partial charge on any atom is 0.336 e. The smallest absolute Gasteiger partial charge is 0.336 e. The zero-order valence-corrected chi connectivity index (χ0v) is 18.1. The highest BCUT2D eigenvalue weighted by atomic mass is 16.4. The molecule has 3 heterocycles. The van der Waals surface area contributed by atoms with Crippen molar-refractivity contribution in [2.75, 3.05) is 18.4 Å². The fourth-order valence-corrected chi connectivity index (χ4v) is 4.23. The number of nitrogens with zero attached hydrogens (tertiary/aromatic N) is 1. The van der Waals surface area contributed by atoms with Crippen molar-refractivity contribution >= 4 is 22.6 Å². The van der Waals surface area contributed by atoms with Crippen LogP contribution < -0.4 is 21.8 Å². The van der Waals surface area contributed by atoms with Crippen LogP contribution in [0.25, 0.3) is 11.0 Å². The van der Waals surface area contributed by atoms with E-state index < -0.39 is 11.5 Å². The molecule has 0 bridgehead atoms. The monoisotopic (exact) mass is 421 g/mol. The van der Waals surface area contributed by atoms with Crippen molar-refractivity contribution in [2.45, 2.75) is 40.2 Å². The molecular formula is C24H27N3O4. The van der Waals surface area contributed by atoms with E-state index >= 15 is 0 Å². The predicted octanol–water partition coefficient (Wildman–Crippen LogP) is 3.13. The summed E-state index contributed by atoms with van der Waals surface area (Å²) in [7, 11) is 0. The second kappa shape index (κ2) is 8.51. The molecule has 3 aromatic rings. The van der Waals surface area contributed by atoms with Gasteiger partial charge in [0.25, 0.3) is 11.5 Å². The van der Waals surface area contributed by atoms with Crippen molar-refractivity contribution in [2.24, 2.45) is 5.92 Å². The number of hydrogen-bond acceptors (Lipinski definition) is 5. The Morgan fingerprint density at radius 3 is 2.71 bits per heavy atom. The zero-order chi connectivity index (χ0) is 22.1. The van der Waals surface area contributed by atoms with Crippen LogP contribution in [0.1, 0.15) is 39.9 Å². The summed E-state index contributed by atoms with van der Waals surface area (Å²) in [5.74, 6) is -0.0541. The van der Waals surface area contributed by atoms with Crippen LogP contribution >= 0.6 is 0 Å². The Morgan fingerprint density at radius 1 is 1.16 bits per heavy atom. The van der Waals surface area contributed by atoms with Crippen molar-refractivity contribution in [3.8, 4) is 0 Å². The molecule has 2 N–H and O–H groups in total. The highest BCUT2D eigenvalue weighted by Gasteiger charge is 2.20. The molecule has 0 aliphatic carbocycles. The van der Waals surface area contributed by atoms with Gasteiger partial charge in [0, 0.05) is 29.9 Å². The van der Waals surface area contributed by atoms with Gasteiger partial charge in [-0.05, 0) is 87.5 Å². The van der Waals surface area contributed by atoms with E-state index in [0.717, 1.165) is 42.4 Å². The Labute approximate surface area is 180 Å². The number of benzene rings is 1. The van der Waals surface area contributed by atoms with Crippen LogP contribution in [-0.4, -0.2) is 23.6 Å². The molecule has 0 spiro atoms. The van der Waals surface area contributed by atoms with Gasteiger partial charge in [-0.15, -0.1) is 0 Å². The van der Waals surface area contributed by atoms with E-state index in [-0.39, 0.29) is 11.1 Å². The lowest BCUT2D eigenvalue weighted by Crippen LogP contribution is -2.36. The Morgan fingerprint density at radius 2 is 1.97 bits per heavy atom. The molecule has 7 heteroatoms. The van der Waals surface area contributed by atoms with Gasteiger partial charge in [-0.1, -0.05) is 0 Å². The van der Waals surface area contributed by atoms with E-state index in [1.165, 1.54) is 6.07 Å². The molecule has 1 aliphatic heterocycles. The average molecular weight is 421 g/mol. The van der Waals surface area contributed by atoms with E-state index in [1.54, 1.807) is 29.8 Å². The van der Waals surface area contributed by atoms with Crippen molar-refractivity contribution < 1.29 is 9.21 Å². The maximum absolute atomic E-state index is 13.1. The number of carbonyl (C=O) groups excluding carboxylic acids is 1. The van der Waals surface area contributed by atoms with Crippen LogP contribution in [0.4, 0.5) is 5.69 Å². The van der Waals surface area contributed by atoms with Gasteiger partial charge >= 0.3 is 5.63 Å². The molecular weight excluding hydrogens is 394 g/mol. The number of amides is 1. The lowest BCUT2D eigenvalue weighted by molar-refractivity contribution is 0.102. The fourth-order valence-electron chi connectivity index (χ4n) is 4.23. The summed E-state index contributed by atoms with van der Waals surface area (Å²) in [6, 6.07) is 6.75. The van der Waals surface area contributed by atoms with Crippen LogP contribution in [0.15, 0.2) is 44.5 Å². The summed E-state index contributed by atoms with van der Waals surface area (Å²) in [5, 5.41) is 6.99. The van der Waals surface area contributed by atoms with E-state index in [4.69, 9.17) is 4.42 Å². The second-order valence-electron chi connectivity index (χ2n) is 8.41. The molecule has 1 amide bonds. The van der Waals surface area contributed by atoms with Gasteiger partial charge in [0.15, 0.2) is 0 Å².